The Morgan fingerprint density at radius 3 is 2.67 bits per heavy atom. The smallest absolute Gasteiger partial charge is 0.240 e. The SMILES string of the molecule is CC(NC(=O)C1(N)CCCCC1)c1ccc(Cl)s1. The fourth-order valence-electron chi connectivity index (χ4n) is 2.38. The van der Waals surface area contributed by atoms with Crippen molar-refractivity contribution >= 4 is 28.8 Å². The van der Waals surface area contributed by atoms with Crippen LogP contribution in [0.5, 0.6) is 0 Å². The van der Waals surface area contributed by atoms with Crippen molar-refractivity contribution < 1.29 is 4.79 Å². The van der Waals surface area contributed by atoms with Crippen LogP contribution in [0, 0.1) is 0 Å². The summed E-state index contributed by atoms with van der Waals surface area (Å²) in [7, 11) is 0. The molecule has 0 spiro atoms. The van der Waals surface area contributed by atoms with E-state index in [1.807, 2.05) is 19.1 Å². The standard InChI is InChI=1S/C13H19ClN2OS/c1-9(10-5-6-11(14)18-10)16-12(17)13(15)7-3-2-4-8-13/h5-6,9H,2-4,7-8,15H2,1H3,(H,16,17). The first kappa shape index (κ1) is 13.8. The number of rotatable bonds is 3. The summed E-state index contributed by atoms with van der Waals surface area (Å²) in [6.45, 7) is 1.96. The molecule has 3 N–H and O–H groups in total. The Morgan fingerprint density at radius 1 is 1.44 bits per heavy atom. The van der Waals surface area contributed by atoms with Crippen LogP contribution < -0.4 is 11.1 Å². The Morgan fingerprint density at radius 2 is 2.11 bits per heavy atom. The van der Waals surface area contributed by atoms with E-state index in [-0.39, 0.29) is 11.9 Å². The number of nitrogens with one attached hydrogen (secondary N) is 1. The van der Waals surface area contributed by atoms with E-state index in [1.165, 1.54) is 17.8 Å². The highest BCUT2D eigenvalue weighted by molar-refractivity contribution is 7.16. The average molecular weight is 287 g/mol. The Bertz CT molecular complexity index is 426. The molecule has 2 rings (SSSR count). The van der Waals surface area contributed by atoms with E-state index < -0.39 is 5.54 Å². The second-order valence-electron chi connectivity index (χ2n) is 5.05. The lowest BCUT2D eigenvalue weighted by atomic mass is 9.82. The van der Waals surface area contributed by atoms with Crippen molar-refractivity contribution in [2.45, 2.75) is 50.6 Å². The molecule has 100 valence electrons. The van der Waals surface area contributed by atoms with Gasteiger partial charge in [0.15, 0.2) is 0 Å². The van der Waals surface area contributed by atoms with Gasteiger partial charge in [0.2, 0.25) is 5.91 Å². The van der Waals surface area contributed by atoms with Crippen molar-refractivity contribution in [1.82, 2.24) is 5.32 Å². The highest BCUT2D eigenvalue weighted by atomic mass is 35.5. The van der Waals surface area contributed by atoms with Gasteiger partial charge in [-0.2, -0.15) is 0 Å². The van der Waals surface area contributed by atoms with E-state index in [4.69, 9.17) is 17.3 Å². The van der Waals surface area contributed by atoms with E-state index in [2.05, 4.69) is 5.32 Å². The van der Waals surface area contributed by atoms with Gasteiger partial charge in [-0.25, -0.2) is 0 Å². The second kappa shape index (κ2) is 5.59. The number of nitrogens with two attached hydrogens (primary N) is 1. The third kappa shape index (κ3) is 3.05. The number of carbonyl (C=O) groups excluding carboxylic acids is 1. The van der Waals surface area contributed by atoms with Crippen molar-refractivity contribution in [1.29, 1.82) is 0 Å². The zero-order valence-electron chi connectivity index (χ0n) is 10.5. The zero-order valence-corrected chi connectivity index (χ0v) is 12.1. The summed E-state index contributed by atoms with van der Waals surface area (Å²) in [6.07, 6.45) is 4.85. The van der Waals surface area contributed by atoms with Gasteiger partial charge in [-0.1, -0.05) is 30.9 Å². The summed E-state index contributed by atoms with van der Waals surface area (Å²) in [5.74, 6) is -0.0285. The molecule has 1 atom stereocenters. The van der Waals surface area contributed by atoms with Crippen molar-refractivity contribution in [3.63, 3.8) is 0 Å². The molecule has 0 bridgehead atoms. The molecular formula is C13H19ClN2OS. The number of amides is 1. The quantitative estimate of drug-likeness (QED) is 0.896. The summed E-state index contributed by atoms with van der Waals surface area (Å²) in [5.41, 5.74) is 5.53. The Labute approximate surface area is 117 Å². The number of carbonyl (C=O) groups is 1. The molecule has 1 aliphatic carbocycles. The van der Waals surface area contributed by atoms with Crippen LogP contribution in [0.25, 0.3) is 0 Å². The highest BCUT2D eigenvalue weighted by Gasteiger charge is 2.35. The Balaban J connectivity index is 1.98. The van der Waals surface area contributed by atoms with Crippen molar-refractivity contribution in [3.05, 3.63) is 21.3 Å². The van der Waals surface area contributed by atoms with E-state index in [0.29, 0.717) is 0 Å². The molecule has 1 unspecified atom stereocenters. The van der Waals surface area contributed by atoms with Crippen LogP contribution in [0.15, 0.2) is 12.1 Å². The van der Waals surface area contributed by atoms with Gasteiger partial charge in [0, 0.05) is 4.88 Å². The fraction of sp³-hybridized carbons (Fsp3) is 0.615. The molecular weight excluding hydrogens is 268 g/mol. The van der Waals surface area contributed by atoms with Crippen LogP contribution >= 0.6 is 22.9 Å². The first-order valence-corrected chi connectivity index (χ1v) is 7.56. The second-order valence-corrected chi connectivity index (χ2v) is 6.80. The molecule has 18 heavy (non-hydrogen) atoms. The molecule has 1 amide bonds. The topological polar surface area (TPSA) is 55.1 Å². The lowest BCUT2D eigenvalue weighted by Gasteiger charge is -2.32. The van der Waals surface area contributed by atoms with Crippen LogP contribution in [-0.4, -0.2) is 11.4 Å². The summed E-state index contributed by atoms with van der Waals surface area (Å²) in [6, 6.07) is 3.77. The first-order valence-electron chi connectivity index (χ1n) is 6.36. The highest BCUT2D eigenvalue weighted by Crippen LogP contribution is 2.29. The average Bonchev–Trinajstić information content (AvgIpc) is 2.77. The number of halogens is 1. The first-order chi connectivity index (χ1) is 8.51. The maximum absolute atomic E-state index is 12.2. The molecule has 1 aliphatic rings. The maximum Gasteiger partial charge on any atom is 0.240 e. The van der Waals surface area contributed by atoms with Crippen molar-refractivity contribution in [3.8, 4) is 0 Å². The minimum atomic E-state index is -0.673. The normalized spacial score (nSPS) is 20.4. The van der Waals surface area contributed by atoms with Gasteiger partial charge >= 0.3 is 0 Å². The van der Waals surface area contributed by atoms with E-state index in [0.717, 1.165) is 34.9 Å². The minimum Gasteiger partial charge on any atom is -0.347 e. The van der Waals surface area contributed by atoms with Crippen LogP contribution in [0.4, 0.5) is 0 Å². The van der Waals surface area contributed by atoms with E-state index in [9.17, 15) is 4.79 Å². The summed E-state index contributed by atoms with van der Waals surface area (Å²) < 4.78 is 0.742. The lowest BCUT2D eigenvalue weighted by molar-refractivity contribution is -0.128. The predicted molar refractivity (Wildman–Crippen MR) is 75.9 cm³/mol. The van der Waals surface area contributed by atoms with Gasteiger partial charge in [0.1, 0.15) is 0 Å². The van der Waals surface area contributed by atoms with Gasteiger partial charge < -0.3 is 11.1 Å². The summed E-state index contributed by atoms with van der Waals surface area (Å²) in [4.78, 5) is 13.3. The van der Waals surface area contributed by atoms with Gasteiger partial charge in [0.05, 0.1) is 15.9 Å². The Kier molecular flexibility index (Phi) is 4.30. The van der Waals surface area contributed by atoms with E-state index in [1.54, 1.807) is 0 Å². The van der Waals surface area contributed by atoms with Crippen LogP contribution in [0.3, 0.4) is 0 Å². The van der Waals surface area contributed by atoms with Crippen LogP contribution in [0.2, 0.25) is 4.34 Å². The molecule has 1 heterocycles. The van der Waals surface area contributed by atoms with Crippen LogP contribution in [-0.2, 0) is 4.79 Å². The molecule has 0 radical (unpaired) electrons. The van der Waals surface area contributed by atoms with Crippen molar-refractivity contribution in [2.24, 2.45) is 5.73 Å². The molecule has 1 aromatic heterocycles. The minimum absolute atomic E-state index is 0.0285. The fourth-order valence-corrected chi connectivity index (χ4v) is 3.45. The molecule has 3 nitrogen and oxygen atoms in total. The van der Waals surface area contributed by atoms with Gasteiger partial charge in [0.25, 0.3) is 0 Å². The molecule has 1 fully saturated rings. The van der Waals surface area contributed by atoms with Crippen molar-refractivity contribution in [2.75, 3.05) is 0 Å². The number of thiophene rings is 1. The third-order valence-corrected chi connectivity index (χ3v) is 4.98. The summed E-state index contributed by atoms with van der Waals surface area (Å²) in [5, 5.41) is 3.01. The van der Waals surface area contributed by atoms with Crippen LogP contribution in [0.1, 0.15) is 49.9 Å². The maximum atomic E-state index is 12.2. The molecule has 1 saturated carbocycles. The Hall–Kier alpha value is -0.580. The number of hydrogen-bond acceptors (Lipinski definition) is 3. The monoisotopic (exact) mass is 286 g/mol. The summed E-state index contributed by atoms with van der Waals surface area (Å²) >= 11 is 7.39. The molecule has 0 aromatic carbocycles. The molecule has 0 saturated heterocycles. The molecule has 1 aromatic rings. The van der Waals surface area contributed by atoms with Gasteiger partial charge in [-0.05, 0) is 31.9 Å². The predicted octanol–water partition coefficient (Wildman–Crippen LogP) is 3.24. The van der Waals surface area contributed by atoms with Gasteiger partial charge in [-0.3, -0.25) is 4.79 Å². The largest absolute Gasteiger partial charge is 0.347 e. The molecule has 0 aliphatic heterocycles. The lowest BCUT2D eigenvalue weighted by Crippen LogP contribution is -2.55. The van der Waals surface area contributed by atoms with E-state index >= 15 is 0 Å². The molecule has 5 heteroatoms. The number of hydrogen-bond donors (Lipinski definition) is 2. The van der Waals surface area contributed by atoms with Gasteiger partial charge in [-0.15, -0.1) is 11.3 Å². The third-order valence-electron chi connectivity index (χ3n) is 3.57. The zero-order chi connectivity index (χ0) is 13.2.